The minimum absolute atomic E-state index is 0.143. The van der Waals surface area contributed by atoms with Crippen molar-refractivity contribution in [2.45, 2.75) is 17.2 Å². The van der Waals surface area contributed by atoms with Crippen molar-refractivity contribution in [2.75, 3.05) is 7.05 Å². The van der Waals surface area contributed by atoms with Crippen molar-refractivity contribution in [3.05, 3.63) is 38.4 Å². The minimum atomic E-state index is -3.62. The first-order valence-electron chi connectivity index (χ1n) is 5.80. The summed E-state index contributed by atoms with van der Waals surface area (Å²) in [6.07, 6.45) is -0.176. The molecule has 0 radical (unpaired) electrons. The number of sulfonamides is 1. The van der Waals surface area contributed by atoms with Gasteiger partial charge in [-0.15, -0.1) is 22.7 Å². The second-order valence-electron chi connectivity index (χ2n) is 4.26. The molecule has 0 amide bonds. The number of nitrogens with zero attached hydrogens (tertiary/aromatic N) is 1. The second-order valence-corrected chi connectivity index (χ2v) is 9.50. The van der Waals surface area contributed by atoms with Gasteiger partial charge in [-0.1, -0.05) is 11.6 Å². The summed E-state index contributed by atoms with van der Waals surface area (Å²) in [5, 5.41) is 8.72. The Labute approximate surface area is 135 Å². The topological polar surface area (TPSA) is 74.7 Å². The van der Waals surface area contributed by atoms with E-state index in [4.69, 9.17) is 16.7 Å². The van der Waals surface area contributed by atoms with E-state index in [9.17, 15) is 13.2 Å². The van der Waals surface area contributed by atoms with Crippen molar-refractivity contribution in [1.29, 1.82) is 0 Å². The average molecular weight is 366 g/mol. The van der Waals surface area contributed by atoms with Gasteiger partial charge >= 0.3 is 5.97 Å². The first-order valence-corrected chi connectivity index (χ1v) is 9.25. The summed E-state index contributed by atoms with van der Waals surface area (Å²) in [6.45, 7) is 0.228. The number of aliphatic carboxylic acids is 1. The number of carboxylic acids is 1. The van der Waals surface area contributed by atoms with E-state index in [2.05, 4.69) is 0 Å². The Hall–Kier alpha value is -0.930. The molecule has 0 aliphatic carbocycles. The zero-order valence-corrected chi connectivity index (χ0v) is 14.2. The lowest BCUT2D eigenvalue weighted by Crippen LogP contribution is -2.25. The Morgan fingerprint density at radius 1 is 1.24 bits per heavy atom. The fourth-order valence-corrected chi connectivity index (χ4v) is 5.57. The number of rotatable bonds is 6. The van der Waals surface area contributed by atoms with E-state index in [0.717, 1.165) is 16.2 Å². The lowest BCUT2D eigenvalue weighted by molar-refractivity contribution is -0.136. The predicted molar refractivity (Wildman–Crippen MR) is 83.6 cm³/mol. The smallest absolute Gasteiger partial charge is 0.308 e. The van der Waals surface area contributed by atoms with Gasteiger partial charge in [0.1, 0.15) is 4.21 Å². The van der Waals surface area contributed by atoms with Crippen molar-refractivity contribution in [1.82, 2.24) is 4.31 Å². The summed E-state index contributed by atoms with van der Waals surface area (Å²) in [4.78, 5) is 12.0. The van der Waals surface area contributed by atoms with Crippen molar-refractivity contribution >= 4 is 50.3 Å². The largest absolute Gasteiger partial charge is 0.481 e. The summed E-state index contributed by atoms with van der Waals surface area (Å²) >= 11 is 8.13. The Kier molecular flexibility index (Phi) is 5.05. The van der Waals surface area contributed by atoms with E-state index in [0.29, 0.717) is 9.21 Å². The summed E-state index contributed by atoms with van der Waals surface area (Å²) in [6, 6.07) is 6.47. The molecular weight excluding hydrogens is 354 g/mol. The highest BCUT2D eigenvalue weighted by atomic mass is 35.5. The highest BCUT2D eigenvalue weighted by molar-refractivity contribution is 7.91. The van der Waals surface area contributed by atoms with Gasteiger partial charge in [0.05, 0.1) is 10.8 Å². The Bertz CT molecular complexity index is 750. The van der Waals surface area contributed by atoms with Gasteiger partial charge in [0.25, 0.3) is 10.0 Å². The van der Waals surface area contributed by atoms with E-state index in [1.807, 2.05) is 0 Å². The van der Waals surface area contributed by atoms with E-state index < -0.39 is 16.0 Å². The normalized spacial score (nSPS) is 12.0. The SMILES string of the molecule is CN(Cc1ccc(Cl)s1)S(=O)(=O)c1ccc(CC(=O)O)s1. The molecule has 2 heterocycles. The van der Waals surface area contributed by atoms with Crippen LogP contribution in [0.25, 0.3) is 0 Å². The van der Waals surface area contributed by atoms with Crippen LogP contribution in [-0.4, -0.2) is 30.8 Å². The molecule has 0 atom stereocenters. The molecule has 0 saturated carbocycles. The van der Waals surface area contributed by atoms with Gasteiger partial charge in [-0.2, -0.15) is 4.31 Å². The van der Waals surface area contributed by atoms with Gasteiger partial charge in [0, 0.05) is 23.3 Å². The number of hydrogen-bond acceptors (Lipinski definition) is 5. The average Bonchev–Trinajstić information content (AvgIpc) is 2.98. The molecule has 5 nitrogen and oxygen atoms in total. The van der Waals surface area contributed by atoms with Crippen molar-refractivity contribution in [3.63, 3.8) is 0 Å². The molecule has 0 aliphatic rings. The first-order chi connectivity index (χ1) is 9.79. The first kappa shape index (κ1) is 16.4. The number of halogens is 1. The van der Waals surface area contributed by atoms with Crippen LogP contribution in [0, 0.1) is 0 Å². The molecule has 2 aromatic rings. The summed E-state index contributed by atoms with van der Waals surface area (Å²) in [7, 11) is -2.13. The zero-order chi connectivity index (χ0) is 15.6. The number of carbonyl (C=O) groups is 1. The van der Waals surface area contributed by atoms with Crippen LogP contribution in [0.3, 0.4) is 0 Å². The molecular formula is C12H12ClNO4S3. The monoisotopic (exact) mass is 365 g/mol. The second kappa shape index (κ2) is 6.45. The molecule has 0 unspecified atom stereocenters. The van der Waals surface area contributed by atoms with Crippen LogP contribution in [0.4, 0.5) is 0 Å². The fraction of sp³-hybridized carbons (Fsp3) is 0.250. The lowest BCUT2D eigenvalue weighted by Gasteiger charge is -2.14. The van der Waals surface area contributed by atoms with Gasteiger partial charge in [0.15, 0.2) is 0 Å². The lowest BCUT2D eigenvalue weighted by atomic mass is 10.3. The third kappa shape index (κ3) is 4.04. The predicted octanol–water partition coefficient (Wildman–Crippen LogP) is 2.91. The van der Waals surface area contributed by atoms with Crippen LogP contribution in [0.15, 0.2) is 28.5 Å². The molecule has 0 aliphatic heterocycles. The highest BCUT2D eigenvalue weighted by Crippen LogP contribution is 2.28. The maximum atomic E-state index is 12.4. The van der Waals surface area contributed by atoms with Gasteiger partial charge in [-0.3, -0.25) is 4.79 Å². The van der Waals surface area contributed by atoms with Crippen LogP contribution >= 0.6 is 34.3 Å². The van der Waals surface area contributed by atoms with E-state index in [1.54, 1.807) is 12.1 Å². The molecule has 114 valence electrons. The molecule has 0 bridgehead atoms. The fourth-order valence-electron chi connectivity index (χ4n) is 1.64. The van der Waals surface area contributed by atoms with Crippen molar-refractivity contribution in [3.8, 4) is 0 Å². The van der Waals surface area contributed by atoms with Crippen molar-refractivity contribution in [2.24, 2.45) is 0 Å². The molecule has 9 heteroatoms. The van der Waals surface area contributed by atoms with Gasteiger partial charge in [-0.05, 0) is 24.3 Å². The molecule has 2 rings (SSSR count). The van der Waals surface area contributed by atoms with E-state index >= 15 is 0 Å². The number of carboxylic acid groups (broad SMARTS) is 1. The van der Waals surface area contributed by atoms with Crippen molar-refractivity contribution < 1.29 is 18.3 Å². The Morgan fingerprint density at radius 2 is 1.90 bits per heavy atom. The summed E-state index contributed by atoms with van der Waals surface area (Å²) < 4.78 is 26.8. The van der Waals surface area contributed by atoms with Crippen LogP contribution in [0.1, 0.15) is 9.75 Å². The highest BCUT2D eigenvalue weighted by Gasteiger charge is 2.23. The Balaban J connectivity index is 2.16. The van der Waals surface area contributed by atoms with Crippen LogP contribution in [-0.2, 0) is 27.8 Å². The molecule has 0 aromatic carbocycles. The standard InChI is InChI=1S/C12H12ClNO4S3/c1-14(7-9-2-4-10(13)19-9)21(17,18)12-5-3-8(20-12)6-11(15)16/h2-5H,6-7H2,1H3,(H,15,16). The van der Waals surface area contributed by atoms with E-state index in [1.165, 1.54) is 34.8 Å². The van der Waals surface area contributed by atoms with Crippen LogP contribution in [0.2, 0.25) is 4.34 Å². The van der Waals surface area contributed by atoms with Crippen LogP contribution in [0.5, 0.6) is 0 Å². The third-order valence-corrected chi connectivity index (χ3v) is 7.21. The molecule has 0 spiro atoms. The number of hydrogen-bond donors (Lipinski definition) is 1. The maximum Gasteiger partial charge on any atom is 0.308 e. The summed E-state index contributed by atoms with van der Waals surface area (Å²) in [5.74, 6) is -0.984. The molecule has 21 heavy (non-hydrogen) atoms. The third-order valence-electron chi connectivity index (χ3n) is 2.63. The number of thiophene rings is 2. The van der Waals surface area contributed by atoms with Gasteiger partial charge in [-0.25, -0.2) is 8.42 Å². The Morgan fingerprint density at radius 3 is 2.48 bits per heavy atom. The quantitative estimate of drug-likeness (QED) is 0.854. The minimum Gasteiger partial charge on any atom is -0.481 e. The molecule has 1 N–H and O–H groups in total. The van der Waals surface area contributed by atoms with E-state index in [-0.39, 0.29) is 17.2 Å². The molecule has 0 saturated heterocycles. The maximum absolute atomic E-state index is 12.4. The summed E-state index contributed by atoms with van der Waals surface area (Å²) in [5.41, 5.74) is 0. The molecule has 2 aromatic heterocycles. The van der Waals surface area contributed by atoms with Gasteiger partial charge < -0.3 is 5.11 Å². The van der Waals surface area contributed by atoms with Gasteiger partial charge in [0.2, 0.25) is 0 Å². The van der Waals surface area contributed by atoms with Crippen LogP contribution < -0.4 is 0 Å². The molecule has 0 fully saturated rings. The zero-order valence-electron chi connectivity index (χ0n) is 10.9.